The third-order valence-electron chi connectivity index (χ3n) is 2.60. The molecule has 0 aliphatic heterocycles. The lowest BCUT2D eigenvalue weighted by Crippen LogP contribution is -2.20. The minimum Gasteiger partial charge on any atom is -0.276 e. The Bertz CT molecular complexity index is 299. The second kappa shape index (κ2) is 5.15. The number of halogens is 1. The van der Waals surface area contributed by atoms with Crippen LogP contribution in [-0.4, -0.2) is 14.6 Å². The molecule has 0 saturated carbocycles. The van der Waals surface area contributed by atoms with Crippen LogP contribution in [-0.2, 0) is 13.5 Å². The van der Waals surface area contributed by atoms with Gasteiger partial charge in [-0.2, -0.15) is 5.10 Å². The molecule has 1 rings (SSSR count). The number of alkyl halides is 1. The van der Waals surface area contributed by atoms with Gasteiger partial charge in [-0.1, -0.05) is 36.7 Å². The molecule has 0 radical (unpaired) electrons. The molecule has 0 aromatic carbocycles. The van der Waals surface area contributed by atoms with Gasteiger partial charge in [-0.3, -0.25) is 4.68 Å². The third-order valence-corrected chi connectivity index (χ3v) is 4.43. The highest BCUT2D eigenvalue weighted by molar-refractivity contribution is 9.09. The van der Waals surface area contributed by atoms with Gasteiger partial charge < -0.3 is 0 Å². The van der Waals surface area contributed by atoms with Crippen molar-refractivity contribution in [1.82, 2.24) is 9.78 Å². The number of aromatic nitrogens is 2. The van der Waals surface area contributed by atoms with E-state index in [0.29, 0.717) is 10.2 Å². The molecule has 1 unspecified atom stereocenters. The summed E-state index contributed by atoms with van der Waals surface area (Å²) < 4.78 is 1.87. The highest BCUT2D eigenvalue weighted by Gasteiger charge is 2.20. The van der Waals surface area contributed by atoms with Gasteiger partial charge in [-0.25, -0.2) is 0 Å². The molecular formula is C12H21BrN2. The van der Waals surface area contributed by atoms with Gasteiger partial charge in [0.25, 0.3) is 0 Å². The van der Waals surface area contributed by atoms with E-state index in [1.165, 1.54) is 18.5 Å². The maximum atomic E-state index is 4.37. The van der Waals surface area contributed by atoms with E-state index in [4.69, 9.17) is 0 Å². The molecule has 86 valence electrons. The van der Waals surface area contributed by atoms with Gasteiger partial charge in [0.2, 0.25) is 0 Å². The first-order chi connectivity index (χ1) is 6.89. The van der Waals surface area contributed by atoms with Crippen LogP contribution in [0.25, 0.3) is 0 Å². The van der Waals surface area contributed by atoms with Crippen LogP contribution in [0.15, 0.2) is 12.3 Å². The average Bonchev–Trinajstić information content (AvgIpc) is 2.49. The zero-order valence-corrected chi connectivity index (χ0v) is 11.7. The fourth-order valence-electron chi connectivity index (χ4n) is 1.49. The summed E-state index contributed by atoms with van der Waals surface area (Å²) in [5.41, 5.74) is 1.55. The van der Waals surface area contributed by atoms with E-state index in [1.807, 2.05) is 17.9 Å². The summed E-state index contributed by atoms with van der Waals surface area (Å²) in [6.07, 6.45) is 5.49. The van der Waals surface area contributed by atoms with E-state index >= 15 is 0 Å². The van der Waals surface area contributed by atoms with Crippen LogP contribution in [0, 0.1) is 5.41 Å². The van der Waals surface area contributed by atoms with Crippen LogP contribution >= 0.6 is 15.9 Å². The lowest BCUT2D eigenvalue weighted by Gasteiger charge is -2.25. The number of hydrogen-bond acceptors (Lipinski definition) is 1. The molecule has 1 aromatic rings. The molecule has 1 heterocycles. The van der Waals surface area contributed by atoms with Gasteiger partial charge in [0.1, 0.15) is 0 Å². The summed E-state index contributed by atoms with van der Waals surface area (Å²) in [5.74, 6) is 0. The van der Waals surface area contributed by atoms with Crippen LogP contribution in [0.5, 0.6) is 0 Å². The van der Waals surface area contributed by atoms with Gasteiger partial charge in [0.15, 0.2) is 0 Å². The van der Waals surface area contributed by atoms with Crippen molar-refractivity contribution in [2.75, 3.05) is 0 Å². The van der Waals surface area contributed by atoms with Gasteiger partial charge in [-0.15, -0.1) is 0 Å². The fourth-order valence-corrected chi connectivity index (χ4v) is 1.82. The molecule has 0 saturated heterocycles. The van der Waals surface area contributed by atoms with E-state index in [1.54, 1.807) is 0 Å². The van der Waals surface area contributed by atoms with Gasteiger partial charge in [0.05, 0.1) is 5.69 Å². The van der Waals surface area contributed by atoms with E-state index in [0.717, 1.165) is 6.42 Å². The molecule has 15 heavy (non-hydrogen) atoms. The summed E-state index contributed by atoms with van der Waals surface area (Å²) in [6, 6.07) is 2.10. The van der Waals surface area contributed by atoms with Crippen molar-refractivity contribution in [3.8, 4) is 0 Å². The van der Waals surface area contributed by atoms with Crippen molar-refractivity contribution in [2.24, 2.45) is 12.5 Å². The van der Waals surface area contributed by atoms with Crippen LogP contribution < -0.4 is 0 Å². The maximum Gasteiger partial charge on any atom is 0.0624 e. The standard InChI is InChI=1S/C12H21BrN2/c1-12(2,3)11(13)7-5-6-10-8-9-15(4)14-10/h8-9,11H,5-7H2,1-4H3. The summed E-state index contributed by atoms with van der Waals surface area (Å²) in [4.78, 5) is 0.591. The Morgan fingerprint density at radius 2 is 2.13 bits per heavy atom. The molecular weight excluding hydrogens is 252 g/mol. The van der Waals surface area contributed by atoms with Gasteiger partial charge >= 0.3 is 0 Å². The molecule has 0 N–H and O–H groups in total. The second-order valence-electron chi connectivity index (χ2n) is 5.21. The Kier molecular flexibility index (Phi) is 4.38. The quantitative estimate of drug-likeness (QED) is 0.767. The zero-order chi connectivity index (χ0) is 11.5. The Balaban J connectivity index is 2.28. The van der Waals surface area contributed by atoms with Gasteiger partial charge in [-0.05, 0) is 30.7 Å². The second-order valence-corrected chi connectivity index (χ2v) is 6.31. The summed E-state index contributed by atoms with van der Waals surface area (Å²) in [5, 5.41) is 4.37. The number of hydrogen-bond donors (Lipinski definition) is 0. The Morgan fingerprint density at radius 1 is 1.47 bits per heavy atom. The monoisotopic (exact) mass is 272 g/mol. The van der Waals surface area contributed by atoms with Crippen molar-refractivity contribution in [2.45, 2.75) is 44.9 Å². The summed E-state index contributed by atoms with van der Waals surface area (Å²) in [7, 11) is 1.96. The molecule has 0 spiro atoms. The van der Waals surface area contributed by atoms with E-state index < -0.39 is 0 Å². The average molecular weight is 273 g/mol. The lowest BCUT2D eigenvalue weighted by atomic mass is 9.89. The first-order valence-electron chi connectivity index (χ1n) is 5.52. The van der Waals surface area contributed by atoms with Crippen molar-refractivity contribution < 1.29 is 0 Å². The maximum absolute atomic E-state index is 4.37. The third kappa shape index (κ3) is 4.37. The first-order valence-corrected chi connectivity index (χ1v) is 6.44. The van der Waals surface area contributed by atoms with Crippen molar-refractivity contribution in [1.29, 1.82) is 0 Å². The minimum absolute atomic E-state index is 0.351. The van der Waals surface area contributed by atoms with Crippen molar-refractivity contribution in [3.05, 3.63) is 18.0 Å². The molecule has 0 amide bonds. The van der Waals surface area contributed by atoms with Crippen LogP contribution in [0.1, 0.15) is 39.3 Å². The van der Waals surface area contributed by atoms with Crippen LogP contribution in [0.3, 0.4) is 0 Å². The van der Waals surface area contributed by atoms with E-state index in [-0.39, 0.29) is 0 Å². The highest BCUT2D eigenvalue weighted by Crippen LogP contribution is 2.29. The predicted octanol–water partition coefficient (Wildman–Crippen LogP) is 3.55. The van der Waals surface area contributed by atoms with Crippen molar-refractivity contribution >= 4 is 15.9 Å². The first kappa shape index (κ1) is 12.8. The smallest absolute Gasteiger partial charge is 0.0624 e. The Labute approximate surface area is 101 Å². The van der Waals surface area contributed by atoms with E-state index in [9.17, 15) is 0 Å². The summed E-state index contributed by atoms with van der Waals surface area (Å²) >= 11 is 3.75. The predicted molar refractivity (Wildman–Crippen MR) is 68.3 cm³/mol. The fraction of sp³-hybridized carbons (Fsp3) is 0.750. The SMILES string of the molecule is Cn1ccc(CCCC(Br)C(C)(C)C)n1. The molecule has 1 aromatic heterocycles. The topological polar surface area (TPSA) is 17.8 Å². The number of aryl methyl sites for hydroxylation is 2. The van der Waals surface area contributed by atoms with E-state index in [2.05, 4.69) is 47.9 Å². The molecule has 2 nitrogen and oxygen atoms in total. The molecule has 0 bridgehead atoms. The Hall–Kier alpha value is -0.310. The molecule has 1 atom stereocenters. The van der Waals surface area contributed by atoms with Crippen molar-refractivity contribution in [3.63, 3.8) is 0 Å². The van der Waals surface area contributed by atoms with Crippen LogP contribution in [0.2, 0.25) is 0 Å². The molecule has 0 fully saturated rings. The van der Waals surface area contributed by atoms with Gasteiger partial charge in [0, 0.05) is 18.1 Å². The highest BCUT2D eigenvalue weighted by atomic mass is 79.9. The largest absolute Gasteiger partial charge is 0.276 e. The summed E-state index contributed by atoms with van der Waals surface area (Å²) in [6.45, 7) is 6.81. The normalized spacial score (nSPS) is 14.2. The minimum atomic E-state index is 0.351. The Morgan fingerprint density at radius 3 is 2.60 bits per heavy atom. The van der Waals surface area contributed by atoms with Crippen LogP contribution in [0.4, 0.5) is 0 Å². The zero-order valence-electron chi connectivity index (χ0n) is 10.1. The molecule has 3 heteroatoms. The number of nitrogens with zero attached hydrogens (tertiary/aromatic N) is 2. The lowest BCUT2D eigenvalue weighted by molar-refractivity contribution is 0.380. The molecule has 0 aliphatic rings. The molecule has 0 aliphatic carbocycles. The number of rotatable bonds is 4.